The first kappa shape index (κ1) is 43.1. The van der Waals surface area contributed by atoms with E-state index < -0.39 is 72.2 Å². The van der Waals surface area contributed by atoms with Crippen molar-refractivity contribution in [2.24, 2.45) is 35.5 Å². The minimum Gasteiger partial charge on any atom is -0.478 e. The number of aliphatic carboxylic acids is 1. The van der Waals surface area contributed by atoms with E-state index in [1.807, 2.05) is 60.6 Å². The molecule has 2 aliphatic heterocycles. The molecule has 50 heavy (non-hydrogen) atoms. The summed E-state index contributed by atoms with van der Waals surface area (Å²) in [4.78, 5) is 36.9. The molecule has 0 radical (unpaired) electrons. The van der Waals surface area contributed by atoms with Crippen molar-refractivity contribution in [2.75, 3.05) is 7.11 Å². The van der Waals surface area contributed by atoms with Crippen molar-refractivity contribution >= 4 is 17.9 Å². The van der Waals surface area contributed by atoms with Gasteiger partial charge in [-0.15, -0.1) is 0 Å². The first-order valence-electron chi connectivity index (χ1n) is 17.5. The number of carbonyl (C=O) groups is 3. The Balaban J connectivity index is 2.51. The van der Waals surface area contributed by atoms with E-state index in [4.69, 9.17) is 24.1 Å². The van der Waals surface area contributed by atoms with Crippen LogP contribution >= 0.6 is 0 Å². The van der Waals surface area contributed by atoms with Crippen LogP contribution in [0.1, 0.15) is 82.1 Å². The molecular weight excluding hydrogens is 644 g/mol. The second-order valence-electron chi connectivity index (χ2n) is 14.8. The zero-order valence-electron chi connectivity index (χ0n) is 31.5. The molecule has 2 heterocycles. The maximum atomic E-state index is 13.5. The maximum absolute atomic E-state index is 13.5. The highest BCUT2D eigenvalue weighted by molar-refractivity contribution is 5.90. The predicted octanol–water partition coefficient (Wildman–Crippen LogP) is 5.30. The Morgan fingerprint density at radius 1 is 1.06 bits per heavy atom. The minimum absolute atomic E-state index is 0.0142. The van der Waals surface area contributed by atoms with Gasteiger partial charge < -0.3 is 39.4 Å². The normalized spacial score (nSPS) is 37.7. The number of aliphatic hydroxyl groups excluding tert-OH is 2. The van der Waals surface area contributed by atoms with Crippen molar-refractivity contribution in [1.29, 1.82) is 0 Å². The molecule has 1 fully saturated rings. The first-order chi connectivity index (χ1) is 23.2. The summed E-state index contributed by atoms with van der Waals surface area (Å²) in [5.74, 6) is -7.15. The molecule has 0 spiro atoms. The molecule has 2 aliphatic rings. The lowest BCUT2D eigenvalue weighted by atomic mass is 9.76. The van der Waals surface area contributed by atoms with E-state index >= 15 is 0 Å². The summed E-state index contributed by atoms with van der Waals surface area (Å²) in [7, 11) is 1.48. The Labute approximate surface area is 297 Å². The van der Waals surface area contributed by atoms with Gasteiger partial charge in [-0.3, -0.25) is 0 Å². The van der Waals surface area contributed by atoms with Gasteiger partial charge in [0.25, 0.3) is 0 Å². The van der Waals surface area contributed by atoms with E-state index in [0.717, 1.165) is 17.2 Å². The summed E-state index contributed by atoms with van der Waals surface area (Å²) in [5.41, 5.74) is 2.14. The van der Waals surface area contributed by atoms with Crippen LogP contribution in [-0.2, 0) is 33.3 Å². The van der Waals surface area contributed by atoms with Crippen molar-refractivity contribution in [2.45, 2.75) is 124 Å². The highest BCUT2D eigenvalue weighted by atomic mass is 16.6. The molecule has 12 atom stereocenters. The monoisotopic (exact) mass is 704 g/mol. The maximum Gasteiger partial charge on any atom is 0.334 e. The quantitative estimate of drug-likeness (QED) is 0.182. The smallest absolute Gasteiger partial charge is 0.334 e. The summed E-state index contributed by atoms with van der Waals surface area (Å²) in [5, 5.41) is 43.7. The van der Waals surface area contributed by atoms with Crippen molar-refractivity contribution in [1.82, 2.24) is 0 Å². The Morgan fingerprint density at radius 2 is 1.70 bits per heavy atom. The third kappa shape index (κ3) is 11.7. The number of carbonyl (C=O) groups excluding carboxylic acids is 2. The van der Waals surface area contributed by atoms with Gasteiger partial charge in [-0.2, -0.15) is 0 Å². The molecule has 0 bridgehead atoms. The number of ether oxygens (including phenoxy) is 4. The van der Waals surface area contributed by atoms with Gasteiger partial charge in [0.1, 0.15) is 18.3 Å². The average molecular weight is 705 g/mol. The molecule has 0 aromatic heterocycles. The number of carboxylic acids is 1. The Bertz CT molecular complexity index is 1330. The molecular formula is C39H60O11. The fourth-order valence-electron chi connectivity index (χ4n) is 7.02. The Morgan fingerprint density at radius 3 is 2.28 bits per heavy atom. The summed E-state index contributed by atoms with van der Waals surface area (Å²) >= 11 is 0. The number of carboxylic acid groups (broad SMARTS) is 1. The van der Waals surface area contributed by atoms with Crippen LogP contribution in [0, 0.1) is 35.5 Å². The molecule has 11 heteroatoms. The number of cyclic esters (lactones) is 1. The van der Waals surface area contributed by atoms with Crippen molar-refractivity contribution in [3.05, 3.63) is 59.3 Å². The van der Waals surface area contributed by atoms with Crippen LogP contribution in [0.15, 0.2) is 59.3 Å². The Kier molecular flexibility index (Phi) is 16.3. The number of aliphatic hydroxyl groups is 3. The number of methoxy groups -OCH3 is 1. The Hall–Kier alpha value is -3.09. The topological polar surface area (TPSA) is 169 Å². The fraction of sp³-hybridized carbons (Fsp3) is 0.667. The molecule has 282 valence electrons. The van der Waals surface area contributed by atoms with Crippen LogP contribution in [0.5, 0.6) is 0 Å². The molecule has 2 rings (SSSR count). The predicted molar refractivity (Wildman–Crippen MR) is 189 cm³/mol. The van der Waals surface area contributed by atoms with Gasteiger partial charge in [-0.25, -0.2) is 14.4 Å². The lowest BCUT2D eigenvalue weighted by Gasteiger charge is -2.50. The zero-order chi connectivity index (χ0) is 38.1. The van der Waals surface area contributed by atoms with E-state index in [1.54, 1.807) is 39.0 Å². The van der Waals surface area contributed by atoms with E-state index in [0.29, 0.717) is 18.1 Å². The molecule has 0 aromatic carbocycles. The number of hydrogen-bond donors (Lipinski definition) is 4. The molecule has 4 N–H and O–H groups in total. The van der Waals surface area contributed by atoms with E-state index in [-0.39, 0.29) is 30.1 Å². The molecule has 0 aliphatic carbocycles. The number of hydrogen-bond acceptors (Lipinski definition) is 10. The molecule has 11 nitrogen and oxygen atoms in total. The third-order valence-corrected chi connectivity index (χ3v) is 10.1. The van der Waals surface area contributed by atoms with Crippen LogP contribution in [0.3, 0.4) is 0 Å². The number of allylic oxidation sites excluding steroid dienone is 5. The van der Waals surface area contributed by atoms with Crippen LogP contribution < -0.4 is 0 Å². The molecule has 0 unspecified atom stereocenters. The highest BCUT2D eigenvalue weighted by Gasteiger charge is 2.53. The van der Waals surface area contributed by atoms with Crippen LogP contribution in [-0.4, -0.2) is 87.9 Å². The molecule has 0 aromatic rings. The van der Waals surface area contributed by atoms with Gasteiger partial charge in [-0.1, -0.05) is 83.9 Å². The van der Waals surface area contributed by atoms with Crippen LogP contribution in [0.4, 0.5) is 0 Å². The second kappa shape index (κ2) is 18.9. The van der Waals surface area contributed by atoms with Gasteiger partial charge in [0, 0.05) is 54.9 Å². The first-order valence-corrected chi connectivity index (χ1v) is 17.5. The van der Waals surface area contributed by atoms with E-state index in [2.05, 4.69) is 0 Å². The van der Waals surface area contributed by atoms with Crippen LogP contribution in [0.2, 0.25) is 0 Å². The van der Waals surface area contributed by atoms with Gasteiger partial charge >= 0.3 is 17.9 Å². The third-order valence-electron chi connectivity index (χ3n) is 10.1. The zero-order valence-corrected chi connectivity index (χ0v) is 31.5. The van der Waals surface area contributed by atoms with Crippen molar-refractivity contribution in [3.63, 3.8) is 0 Å². The average Bonchev–Trinajstić information content (AvgIpc) is 3.04. The van der Waals surface area contributed by atoms with Gasteiger partial charge in [0.15, 0.2) is 5.79 Å². The number of esters is 2. The lowest BCUT2D eigenvalue weighted by molar-refractivity contribution is -0.329. The minimum atomic E-state index is -1.97. The van der Waals surface area contributed by atoms with E-state index in [1.165, 1.54) is 7.11 Å². The number of rotatable bonds is 9. The van der Waals surface area contributed by atoms with Gasteiger partial charge in [-0.05, 0) is 45.1 Å². The van der Waals surface area contributed by atoms with E-state index in [9.17, 15) is 29.7 Å². The second-order valence-corrected chi connectivity index (χ2v) is 14.8. The SMILES string of the molecule is CO[C@H]1/C=C\C=C(\C)C[C@H](C)[C@H](O)[C@H](C)/C=C(C)\C=C(\C)C(=O)O[C@@H]1[C@@H](C)[C@@H](O)[C@H](C)[C@@]1(O)C[C@@H](OC(=O)/C=C/C(=O)O)[C@H](C)[C@@H](C(C)C)O1. The fourth-order valence-corrected chi connectivity index (χ4v) is 7.02. The summed E-state index contributed by atoms with van der Waals surface area (Å²) in [6.07, 6.45) is 5.98. The summed E-state index contributed by atoms with van der Waals surface area (Å²) < 4.78 is 23.8. The molecule has 0 amide bonds. The molecule has 1 saturated heterocycles. The van der Waals surface area contributed by atoms with Gasteiger partial charge in [0.05, 0.1) is 18.3 Å². The largest absolute Gasteiger partial charge is 0.478 e. The summed E-state index contributed by atoms with van der Waals surface area (Å²) in [6, 6.07) is 0. The van der Waals surface area contributed by atoms with Crippen molar-refractivity contribution in [3.8, 4) is 0 Å². The summed E-state index contributed by atoms with van der Waals surface area (Å²) in [6.45, 7) is 18.4. The lowest BCUT2D eigenvalue weighted by Crippen LogP contribution is -2.59. The standard InChI is InChI=1S/C39H60O11/c1-21(2)36-27(8)31(48-33(42)16-15-32(40)41)20-39(46,50-36)29(10)35(44)28(9)37-30(47-11)14-12-13-22(3)17-24(5)34(43)25(6)18-23(4)19-26(7)38(45)49-37/h12-16,18-19,21,24-25,27-31,34-37,43-44,46H,17,20H2,1-11H3,(H,40,41)/b14-12-,16-15+,22-13-,23-18-,26-19-/t24-,25+,27-,28-,29-,30-,31+,34-,35+,36+,37+,39+/m0/s1. The van der Waals surface area contributed by atoms with Crippen LogP contribution in [0.25, 0.3) is 0 Å². The highest BCUT2D eigenvalue weighted by Crippen LogP contribution is 2.42. The molecule has 0 saturated carbocycles. The van der Waals surface area contributed by atoms with Crippen molar-refractivity contribution < 1.29 is 53.8 Å². The van der Waals surface area contributed by atoms with Gasteiger partial charge in [0.2, 0.25) is 0 Å².